The summed E-state index contributed by atoms with van der Waals surface area (Å²) in [4.78, 5) is 32.5. The molecule has 0 bridgehead atoms. The van der Waals surface area contributed by atoms with Crippen LogP contribution in [0.3, 0.4) is 0 Å². The third-order valence-electron chi connectivity index (χ3n) is 6.19. The molecule has 2 aromatic rings. The first kappa shape index (κ1) is 27.5. The lowest BCUT2D eigenvalue weighted by molar-refractivity contribution is -0.0603. The maximum atomic E-state index is 12.5. The summed E-state index contributed by atoms with van der Waals surface area (Å²) in [5.41, 5.74) is 6.19. The van der Waals surface area contributed by atoms with Crippen molar-refractivity contribution in [2.75, 3.05) is 50.0 Å². The Morgan fingerprint density at radius 1 is 1.16 bits per heavy atom. The molecule has 5 N–H and O–H groups in total. The number of nitrogens with zero attached hydrogens (tertiary/aromatic N) is 5. The smallest absolute Gasteiger partial charge is 0.410 e. The van der Waals surface area contributed by atoms with Gasteiger partial charge in [0.25, 0.3) is 5.91 Å². The lowest BCUT2D eigenvalue weighted by Crippen LogP contribution is -2.47. The fraction of sp³-hybridized carbons (Fsp3) is 0.560. The molecule has 13 nitrogen and oxygen atoms in total. The zero-order valence-corrected chi connectivity index (χ0v) is 22.0. The van der Waals surface area contributed by atoms with Gasteiger partial charge >= 0.3 is 6.09 Å². The quantitative estimate of drug-likeness (QED) is 0.414. The van der Waals surface area contributed by atoms with Crippen molar-refractivity contribution < 1.29 is 24.2 Å². The van der Waals surface area contributed by atoms with Crippen LogP contribution in [0, 0.1) is 0 Å². The van der Waals surface area contributed by atoms with Gasteiger partial charge in [-0.2, -0.15) is 4.98 Å². The second-order valence-corrected chi connectivity index (χ2v) is 10.4. The van der Waals surface area contributed by atoms with Gasteiger partial charge in [-0.05, 0) is 51.3 Å². The average Bonchev–Trinajstić information content (AvgIpc) is 2.88. The van der Waals surface area contributed by atoms with Crippen LogP contribution in [0.5, 0.6) is 0 Å². The second-order valence-electron chi connectivity index (χ2n) is 10.4. The number of likely N-dealkylation sites (tertiary alicyclic amines) is 1. The molecule has 2 atom stereocenters. The number of aliphatic hydroxyl groups is 1. The maximum absolute atomic E-state index is 12.5. The number of carbonyl (C=O) groups is 2. The van der Waals surface area contributed by atoms with Crippen LogP contribution in [0.25, 0.3) is 0 Å². The van der Waals surface area contributed by atoms with Crippen LogP contribution in [0.15, 0.2) is 24.3 Å². The van der Waals surface area contributed by atoms with E-state index >= 15 is 0 Å². The molecule has 1 aromatic heterocycles. The summed E-state index contributed by atoms with van der Waals surface area (Å²) in [6, 6.07) is 7.03. The molecule has 13 heteroatoms. The predicted molar refractivity (Wildman–Crippen MR) is 140 cm³/mol. The molecule has 2 saturated heterocycles. The molecule has 2 fully saturated rings. The van der Waals surface area contributed by atoms with E-state index in [4.69, 9.17) is 15.2 Å². The molecule has 0 aliphatic carbocycles. The number of rotatable bonds is 7. The minimum absolute atomic E-state index is 0.105. The van der Waals surface area contributed by atoms with Crippen molar-refractivity contribution in [2.45, 2.75) is 51.5 Å². The monoisotopic (exact) mass is 528 g/mol. The van der Waals surface area contributed by atoms with Crippen LogP contribution in [-0.2, 0) is 9.47 Å². The number of hydrogen-bond acceptors (Lipinski definition) is 11. The lowest BCUT2D eigenvalue weighted by atomic mass is 10.1. The molecule has 0 saturated carbocycles. The van der Waals surface area contributed by atoms with E-state index < -0.39 is 17.7 Å². The summed E-state index contributed by atoms with van der Waals surface area (Å²) in [6.07, 6.45) is 0.492. The van der Waals surface area contributed by atoms with E-state index in [1.54, 1.807) is 29.2 Å². The molecule has 0 spiro atoms. The van der Waals surface area contributed by atoms with Crippen LogP contribution in [0.4, 0.5) is 22.2 Å². The minimum Gasteiger partial charge on any atom is -0.444 e. The molecule has 206 valence electrons. The third-order valence-corrected chi connectivity index (χ3v) is 6.19. The van der Waals surface area contributed by atoms with Gasteiger partial charge in [0.15, 0.2) is 11.5 Å². The summed E-state index contributed by atoms with van der Waals surface area (Å²) in [7, 11) is 0. The first-order valence-corrected chi connectivity index (χ1v) is 12.7. The van der Waals surface area contributed by atoms with E-state index in [-0.39, 0.29) is 29.6 Å². The number of benzene rings is 1. The number of piperidine rings is 1. The Bertz CT molecular complexity index is 1120. The highest BCUT2D eigenvalue weighted by Crippen LogP contribution is 2.24. The number of nitrogens with one attached hydrogen (secondary N) is 2. The zero-order chi connectivity index (χ0) is 27.3. The fourth-order valence-electron chi connectivity index (χ4n) is 4.32. The molecular formula is C25H36N8O5. The Kier molecular flexibility index (Phi) is 8.59. The predicted octanol–water partition coefficient (Wildman–Crippen LogP) is 1.85. The highest BCUT2D eigenvalue weighted by molar-refractivity contribution is 5.96. The SMILES string of the molecule is CC(C)(C)OC(=O)N1CCC[C@@H](Nc2nnc(C(N)=O)c(Nc3ccc(C(O)N4CCOCC4)cc3)n2)C1. The Hall–Kier alpha value is -3.55. The van der Waals surface area contributed by atoms with Gasteiger partial charge in [-0.3, -0.25) is 9.69 Å². The van der Waals surface area contributed by atoms with Crippen molar-refractivity contribution in [1.82, 2.24) is 25.0 Å². The summed E-state index contributed by atoms with van der Waals surface area (Å²) >= 11 is 0. The number of carbonyl (C=O) groups excluding carboxylic acids is 2. The van der Waals surface area contributed by atoms with Crippen molar-refractivity contribution in [3.8, 4) is 0 Å². The number of hydrogen-bond donors (Lipinski definition) is 4. The number of amides is 2. The highest BCUT2D eigenvalue weighted by atomic mass is 16.6. The van der Waals surface area contributed by atoms with Crippen molar-refractivity contribution in [3.05, 3.63) is 35.5 Å². The van der Waals surface area contributed by atoms with E-state index in [2.05, 4.69) is 25.8 Å². The highest BCUT2D eigenvalue weighted by Gasteiger charge is 2.28. The number of nitrogens with two attached hydrogens (primary N) is 1. The number of morpholine rings is 1. The second kappa shape index (κ2) is 11.9. The van der Waals surface area contributed by atoms with E-state index in [1.807, 2.05) is 25.7 Å². The van der Waals surface area contributed by atoms with Gasteiger partial charge in [0, 0.05) is 37.9 Å². The van der Waals surface area contributed by atoms with Gasteiger partial charge in [-0.25, -0.2) is 4.79 Å². The van der Waals surface area contributed by atoms with Crippen LogP contribution < -0.4 is 16.4 Å². The van der Waals surface area contributed by atoms with E-state index in [1.165, 1.54) is 0 Å². The molecule has 3 heterocycles. The van der Waals surface area contributed by atoms with Gasteiger partial charge in [-0.15, -0.1) is 10.2 Å². The number of primary amides is 1. The van der Waals surface area contributed by atoms with Gasteiger partial charge < -0.3 is 35.8 Å². The van der Waals surface area contributed by atoms with E-state index in [9.17, 15) is 14.7 Å². The molecule has 2 aliphatic rings. The van der Waals surface area contributed by atoms with Gasteiger partial charge in [0.05, 0.1) is 13.2 Å². The largest absolute Gasteiger partial charge is 0.444 e. The van der Waals surface area contributed by atoms with Gasteiger partial charge in [0.2, 0.25) is 5.95 Å². The molecule has 2 amide bonds. The van der Waals surface area contributed by atoms with Crippen molar-refractivity contribution in [1.29, 1.82) is 0 Å². The first-order chi connectivity index (χ1) is 18.1. The maximum Gasteiger partial charge on any atom is 0.410 e. The molecular weight excluding hydrogens is 492 g/mol. The Morgan fingerprint density at radius 2 is 1.87 bits per heavy atom. The van der Waals surface area contributed by atoms with Crippen molar-refractivity contribution in [3.63, 3.8) is 0 Å². The summed E-state index contributed by atoms with van der Waals surface area (Å²) in [5.74, 6) is -0.420. The Labute approximate surface area is 221 Å². The van der Waals surface area contributed by atoms with Crippen LogP contribution >= 0.6 is 0 Å². The summed E-state index contributed by atoms with van der Waals surface area (Å²) in [5, 5.41) is 24.9. The fourth-order valence-corrected chi connectivity index (χ4v) is 4.32. The normalized spacial score (nSPS) is 19.5. The summed E-state index contributed by atoms with van der Waals surface area (Å²) in [6.45, 7) is 9.01. The van der Waals surface area contributed by atoms with Crippen LogP contribution in [-0.4, -0.2) is 93.1 Å². The topological polar surface area (TPSA) is 168 Å². The number of ether oxygens (including phenoxy) is 2. The minimum atomic E-state index is -0.771. The Balaban J connectivity index is 1.43. The molecule has 38 heavy (non-hydrogen) atoms. The number of aliphatic hydroxyl groups excluding tert-OH is 1. The van der Waals surface area contributed by atoms with Crippen molar-refractivity contribution >= 4 is 29.5 Å². The van der Waals surface area contributed by atoms with Gasteiger partial charge in [0.1, 0.15) is 11.8 Å². The van der Waals surface area contributed by atoms with Crippen LogP contribution in [0.2, 0.25) is 0 Å². The zero-order valence-electron chi connectivity index (χ0n) is 22.0. The third kappa shape index (κ3) is 7.27. The Morgan fingerprint density at radius 3 is 2.53 bits per heavy atom. The molecule has 2 aliphatic heterocycles. The number of aromatic nitrogens is 3. The van der Waals surface area contributed by atoms with E-state index in [0.29, 0.717) is 45.1 Å². The molecule has 4 rings (SSSR count). The summed E-state index contributed by atoms with van der Waals surface area (Å²) < 4.78 is 10.8. The molecule has 1 aromatic carbocycles. The average molecular weight is 529 g/mol. The standard InChI is InChI=1S/C25H36N8O5/c1-25(2,3)38-24(36)33-10-4-5-18(15-33)28-23-29-21(19(20(26)34)30-31-23)27-17-8-6-16(7-9-17)22(35)32-11-13-37-14-12-32/h6-9,18,22,35H,4-5,10-15H2,1-3H3,(H2,26,34)(H2,27,28,29,31)/t18-,22?/m1/s1. The number of anilines is 3. The van der Waals surface area contributed by atoms with Gasteiger partial charge in [-0.1, -0.05) is 12.1 Å². The van der Waals surface area contributed by atoms with Crippen molar-refractivity contribution in [2.24, 2.45) is 5.73 Å². The molecule has 1 unspecified atom stereocenters. The first-order valence-electron chi connectivity index (χ1n) is 12.7. The lowest BCUT2D eigenvalue weighted by Gasteiger charge is -2.34. The van der Waals surface area contributed by atoms with Crippen LogP contribution in [0.1, 0.15) is 55.9 Å². The molecule has 0 radical (unpaired) electrons. The van der Waals surface area contributed by atoms with E-state index in [0.717, 1.165) is 18.4 Å².